The first kappa shape index (κ1) is 5.03. The van der Waals surface area contributed by atoms with Gasteiger partial charge in [0.05, 0.1) is 13.5 Å². The fourth-order valence-corrected chi connectivity index (χ4v) is 0.516. The SMILES string of the molecule is C1CNCOCN1. The van der Waals surface area contributed by atoms with Gasteiger partial charge in [0.15, 0.2) is 0 Å². The predicted octanol–water partition coefficient (Wildman–Crippen LogP) is -0.889. The fourth-order valence-electron chi connectivity index (χ4n) is 0.516. The van der Waals surface area contributed by atoms with Crippen molar-refractivity contribution in [3.63, 3.8) is 0 Å². The van der Waals surface area contributed by atoms with Crippen LogP contribution in [0.25, 0.3) is 0 Å². The molecule has 0 aromatic carbocycles. The van der Waals surface area contributed by atoms with Gasteiger partial charge in [0.25, 0.3) is 0 Å². The molecule has 42 valence electrons. The molecule has 0 atom stereocenters. The minimum absolute atomic E-state index is 0.688. The van der Waals surface area contributed by atoms with Crippen LogP contribution in [0.5, 0.6) is 0 Å². The highest BCUT2D eigenvalue weighted by molar-refractivity contribution is 4.47. The molecule has 0 radical (unpaired) electrons. The van der Waals surface area contributed by atoms with E-state index in [0.717, 1.165) is 13.1 Å². The van der Waals surface area contributed by atoms with Crippen LogP contribution in [0.4, 0.5) is 0 Å². The molecule has 1 aliphatic rings. The average molecular weight is 102 g/mol. The van der Waals surface area contributed by atoms with Crippen molar-refractivity contribution in [1.82, 2.24) is 10.6 Å². The van der Waals surface area contributed by atoms with Crippen LogP contribution in [0.15, 0.2) is 0 Å². The second-order valence-electron chi connectivity index (χ2n) is 1.49. The molecule has 0 spiro atoms. The molecule has 0 saturated carbocycles. The van der Waals surface area contributed by atoms with E-state index in [1.54, 1.807) is 0 Å². The lowest BCUT2D eigenvalue weighted by Crippen LogP contribution is -2.21. The smallest absolute Gasteiger partial charge is 0.0983 e. The number of hydrogen-bond acceptors (Lipinski definition) is 3. The first-order valence-electron chi connectivity index (χ1n) is 2.49. The van der Waals surface area contributed by atoms with E-state index in [0.29, 0.717) is 13.5 Å². The van der Waals surface area contributed by atoms with Crippen molar-refractivity contribution in [1.29, 1.82) is 0 Å². The maximum Gasteiger partial charge on any atom is 0.0983 e. The van der Waals surface area contributed by atoms with E-state index in [1.807, 2.05) is 0 Å². The van der Waals surface area contributed by atoms with E-state index in [9.17, 15) is 0 Å². The molecule has 1 aliphatic heterocycles. The summed E-state index contributed by atoms with van der Waals surface area (Å²) < 4.78 is 4.97. The molecule has 1 fully saturated rings. The summed E-state index contributed by atoms with van der Waals surface area (Å²) in [6, 6.07) is 0. The third-order valence-corrected chi connectivity index (χ3v) is 0.887. The lowest BCUT2D eigenvalue weighted by molar-refractivity contribution is 0.120. The monoisotopic (exact) mass is 102 g/mol. The van der Waals surface area contributed by atoms with Crippen LogP contribution in [-0.2, 0) is 4.74 Å². The first-order valence-corrected chi connectivity index (χ1v) is 2.49. The Balaban J connectivity index is 2.04. The van der Waals surface area contributed by atoms with Gasteiger partial charge in [-0.15, -0.1) is 0 Å². The summed E-state index contributed by atoms with van der Waals surface area (Å²) in [4.78, 5) is 0. The van der Waals surface area contributed by atoms with Gasteiger partial charge >= 0.3 is 0 Å². The topological polar surface area (TPSA) is 33.3 Å². The molecule has 3 heteroatoms. The summed E-state index contributed by atoms with van der Waals surface area (Å²) in [6.07, 6.45) is 0. The van der Waals surface area contributed by atoms with E-state index in [4.69, 9.17) is 4.74 Å². The van der Waals surface area contributed by atoms with Crippen molar-refractivity contribution in [3.05, 3.63) is 0 Å². The number of rotatable bonds is 0. The Morgan fingerprint density at radius 1 is 1.00 bits per heavy atom. The summed E-state index contributed by atoms with van der Waals surface area (Å²) in [5.74, 6) is 0. The molecule has 0 aromatic rings. The third kappa shape index (κ3) is 1.87. The van der Waals surface area contributed by atoms with Crippen LogP contribution in [0.1, 0.15) is 0 Å². The fraction of sp³-hybridized carbons (Fsp3) is 1.00. The number of ether oxygens (including phenoxy) is 1. The van der Waals surface area contributed by atoms with Gasteiger partial charge in [0.2, 0.25) is 0 Å². The molecule has 0 amide bonds. The van der Waals surface area contributed by atoms with Crippen molar-refractivity contribution in [2.24, 2.45) is 0 Å². The second-order valence-corrected chi connectivity index (χ2v) is 1.49. The summed E-state index contributed by atoms with van der Waals surface area (Å²) >= 11 is 0. The third-order valence-electron chi connectivity index (χ3n) is 0.887. The van der Waals surface area contributed by atoms with Gasteiger partial charge in [-0.05, 0) is 0 Å². The van der Waals surface area contributed by atoms with Crippen LogP contribution in [-0.4, -0.2) is 26.6 Å². The maximum atomic E-state index is 4.97. The highest BCUT2D eigenvalue weighted by Gasteiger charge is 1.91. The van der Waals surface area contributed by atoms with Gasteiger partial charge < -0.3 is 4.74 Å². The summed E-state index contributed by atoms with van der Waals surface area (Å²) in [5, 5.41) is 6.12. The van der Waals surface area contributed by atoms with E-state index in [2.05, 4.69) is 10.6 Å². The Labute approximate surface area is 43.0 Å². The van der Waals surface area contributed by atoms with Crippen LogP contribution < -0.4 is 10.6 Å². The minimum atomic E-state index is 0.688. The van der Waals surface area contributed by atoms with E-state index in [1.165, 1.54) is 0 Å². The Kier molecular flexibility index (Phi) is 2.12. The Bertz CT molecular complexity index is 29.3. The zero-order valence-corrected chi connectivity index (χ0v) is 4.24. The van der Waals surface area contributed by atoms with Gasteiger partial charge in [-0.1, -0.05) is 0 Å². The Hall–Kier alpha value is -0.120. The van der Waals surface area contributed by atoms with Crippen molar-refractivity contribution in [2.45, 2.75) is 0 Å². The molecule has 2 N–H and O–H groups in total. The molecular weight excluding hydrogens is 92.1 g/mol. The lowest BCUT2D eigenvalue weighted by Gasteiger charge is -1.93. The van der Waals surface area contributed by atoms with Crippen molar-refractivity contribution >= 4 is 0 Å². The Morgan fingerprint density at radius 2 is 1.57 bits per heavy atom. The molecule has 3 nitrogen and oxygen atoms in total. The number of hydrogen-bond donors (Lipinski definition) is 2. The molecule has 1 rings (SSSR count). The lowest BCUT2D eigenvalue weighted by atomic mass is 10.6. The predicted molar refractivity (Wildman–Crippen MR) is 26.8 cm³/mol. The zero-order valence-electron chi connectivity index (χ0n) is 4.24. The highest BCUT2D eigenvalue weighted by atomic mass is 16.5. The average Bonchev–Trinajstić information content (AvgIpc) is 1.90. The molecule has 1 heterocycles. The van der Waals surface area contributed by atoms with Crippen molar-refractivity contribution < 1.29 is 4.74 Å². The molecule has 0 aromatic heterocycles. The second kappa shape index (κ2) is 2.96. The molecule has 7 heavy (non-hydrogen) atoms. The van der Waals surface area contributed by atoms with Gasteiger partial charge in [-0.2, -0.15) is 0 Å². The largest absolute Gasteiger partial charge is 0.351 e. The van der Waals surface area contributed by atoms with Gasteiger partial charge in [-0.25, -0.2) is 0 Å². The van der Waals surface area contributed by atoms with Gasteiger partial charge in [-0.3, -0.25) is 10.6 Å². The molecule has 1 saturated heterocycles. The standard InChI is InChI=1S/C4H10N2O/c1-2-6-4-7-3-5-1/h5-6H,1-4H2. The highest BCUT2D eigenvalue weighted by Crippen LogP contribution is 1.70. The van der Waals surface area contributed by atoms with Crippen LogP contribution in [0.3, 0.4) is 0 Å². The van der Waals surface area contributed by atoms with E-state index in [-0.39, 0.29) is 0 Å². The number of nitrogens with one attached hydrogen (secondary N) is 2. The van der Waals surface area contributed by atoms with Crippen LogP contribution in [0.2, 0.25) is 0 Å². The van der Waals surface area contributed by atoms with E-state index < -0.39 is 0 Å². The van der Waals surface area contributed by atoms with Crippen LogP contribution >= 0.6 is 0 Å². The molecule has 0 aliphatic carbocycles. The first-order chi connectivity index (χ1) is 3.50. The van der Waals surface area contributed by atoms with Crippen molar-refractivity contribution in [2.75, 3.05) is 26.6 Å². The quantitative estimate of drug-likeness (QED) is 0.416. The zero-order chi connectivity index (χ0) is 4.95. The summed E-state index contributed by atoms with van der Waals surface area (Å²) in [5.41, 5.74) is 0. The molecule has 0 unspecified atom stereocenters. The maximum absolute atomic E-state index is 4.97. The normalized spacial score (nSPS) is 24.0. The molecule has 0 bridgehead atoms. The van der Waals surface area contributed by atoms with E-state index >= 15 is 0 Å². The Morgan fingerprint density at radius 3 is 2.14 bits per heavy atom. The van der Waals surface area contributed by atoms with Crippen molar-refractivity contribution in [3.8, 4) is 0 Å². The summed E-state index contributed by atoms with van der Waals surface area (Å²) in [7, 11) is 0. The molecular formula is C4H10N2O. The van der Waals surface area contributed by atoms with Gasteiger partial charge in [0, 0.05) is 13.1 Å². The summed E-state index contributed by atoms with van der Waals surface area (Å²) in [6.45, 7) is 3.40. The minimum Gasteiger partial charge on any atom is -0.351 e. The van der Waals surface area contributed by atoms with Crippen LogP contribution in [0, 0.1) is 0 Å². The van der Waals surface area contributed by atoms with Gasteiger partial charge in [0.1, 0.15) is 0 Å².